The molecule has 0 atom stereocenters. The Hall–Kier alpha value is -2.16. The van der Waals surface area contributed by atoms with Gasteiger partial charge in [-0.15, -0.1) is 0 Å². The number of methoxy groups -OCH3 is 1. The molecule has 0 radical (unpaired) electrons. The molecular formula is C17H18FNO. The first kappa shape index (κ1) is 14.3. The number of nitrogens with zero attached hydrogens (tertiary/aromatic N) is 1. The van der Waals surface area contributed by atoms with E-state index in [4.69, 9.17) is 4.74 Å². The third kappa shape index (κ3) is 3.23. The average Bonchev–Trinajstić information content (AvgIpc) is 2.46. The summed E-state index contributed by atoms with van der Waals surface area (Å²) in [5, 5.41) is 0. The van der Waals surface area contributed by atoms with Gasteiger partial charge in [-0.25, -0.2) is 4.39 Å². The zero-order valence-electron chi connectivity index (χ0n) is 11.9. The van der Waals surface area contributed by atoms with E-state index in [9.17, 15) is 4.39 Å². The van der Waals surface area contributed by atoms with Crippen LogP contribution in [0, 0.1) is 5.82 Å². The molecule has 0 N–H and O–H groups in total. The van der Waals surface area contributed by atoms with E-state index in [0.717, 1.165) is 16.9 Å². The monoisotopic (exact) mass is 271 g/mol. The third-order valence-corrected chi connectivity index (χ3v) is 3.10. The highest BCUT2D eigenvalue weighted by atomic mass is 19.1. The summed E-state index contributed by atoms with van der Waals surface area (Å²) in [5.41, 5.74) is 2.45. The first-order chi connectivity index (χ1) is 9.61. The molecule has 0 saturated carbocycles. The van der Waals surface area contributed by atoms with Crippen LogP contribution in [0.3, 0.4) is 0 Å². The second-order valence-corrected chi connectivity index (χ2v) is 4.86. The lowest BCUT2D eigenvalue weighted by Crippen LogP contribution is -1.94. The van der Waals surface area contributed by atoms with E-state index in [0.29, 0.717) is 11.6 Å². The van der Waals surface area contributed by atoms with Crippen LogP contribution in [0.25, 0.3) is 12.2 Å². The van der Waals surface area contributed by atoms with Crippen LogP contribution in [0.1, 0.15) is 36.6 Å². The number of ether oxygens (including phenoxy) is 1. The zero-order valence-corrected chi connectivity index (χ0v) is 11.9. The van der Waals surface area contributed by atoms with Gasteiger partial charge in [-0.3, -0.25) is 4.98 Å². The minimum absolute atomic E-state index is 0.325. The van der Waals surface area contributed by atoms with Crippen molar-refractivity contribution in [3.05, 3.63) is 59.2 Å². The molecule has 0 aliphatic carbocycles. The predicted octanol–water partition coefficient (Wildman–Crippen LogP) is 4.52. The summed E-state index contributed by atoms with van der Waals surface area (Å²) in [6.45, 7) is 4.24. The van der Waals surface area contributed by atoms with Crippen molar-refractivity contribution in [2.24, 2.45) is 0 Å². The highest BCUT2D eigenvalue weighted by Crippen LogP contribution is 2.27. The predicted molar refractivity (Wildman–Crippen MR) is 80.2 cm³/mol. The van der Waals surface area contributed by atoms with Gasteiger partial charge in [0.15, 0.2) is 0 Å². The van der Waals surface area contributed by atoms with Gasteiger partial charge >= 0.3 is 0 Å². The standard InChI is InChI=1S/C17H18FNO/c1-12(2)14-8-6-13(11-17(14)20-3)7-9-16-15(18)5-4-10-19-16/h4-12H,1-3H3/b9-7+. The molecule has 0 spiro atoms. The maximum absolute atomic E-state index is 13.5. The first-order valence-corrected chi connectivity index (χ1v) is 6.58. The molecule has 0 aliphatic rings. The quantitative estimate of drug-likeness (QED) is 0.815. The Balaban J connectivity index is 2.28. The van der Waals surface area contributed by atoms with Crippen molar-refractivity contribution in [1.82, 2.24) is 4.98 Å². The van der Waals surface area contributed by atoms with Gasteiger partial charge < -0.3 is 4.74 Å². The minimum atomic E-state index is -0.325. The molecule has 0 saturated heterocycles. The van der Waals surface area contributed by atoms with Gasteiger partial charge in [0.2, 0.25) is 0 Å². The van der Waals surface area contributed by atoms with E-state index in [-0.39, 0.29) is 5.82 Å². The van der Waals surface area contributed by atoms with E-state index in [2.05, 4.69) is 18.8 Å². The first-order valence-electron chi connectivity index (χ1n) is 6.58. The highest BCUT2D eigenvalue weighted by Gasteiger charge is 2.07. The van der Waals surface area contributed by atoms with Crippen LogP contribution in [0.4, 0.5) is 4.39 Å². The number of pyridine rings is 1. The van der Waals surface area contributed by atoms with E-state index in [1.54, 1.807) is 25.4 Å². The molecule has 0 bridgehead atoms. The van der Waals surface area contributed by atoms with Crippen molar-refractivity contribution in [1.29, 1.82) is 0 Å². The topological polar surface area (TPSA) is 22.1 Å². The van der Waals surface area contributed by atoms with Crippen LogP contribution >= 0.6 is 0 Å². The Morgan fingerprint density at radius 1 is 1.20 bits per heavy atom. The Labute approximate surface area is 118 Å². The fraction of sp³-hybridized carbons (Fsp3) is 0.235. The van der Waals surface area contributed by atoms with Crippen LogP contribution in [0.15, 0.2) is 36.5 Å². The molecule has 0 fully saturated rings. The Morgan fingerprint density at radius 2 is 2.00 bits per heavy atom. The van der Waals surface area contributed by atoms with E-state index in [1.165, 1.54) is 6.07 Å². The maximum atomic E-state index is 13.5. The maximum Gasteiger partial charge on any atom is 0.148 e. The van der Waals surface area contributed by atoms with Crippen molar-refractivity contribution in [3.8, 4) is 5.75 Å². The summed E-state index contributed by atoms with van der Waals surface area (Å²) >= 11 is 0. The normalized spacial score (nSPS) is 11.2. The van der Waals surface area contributed by atoms with Crippen LogP contribution in [0.5, 0.6) is 5.75 Å². The van der Waals surface area contributed by atoms with Gasteiger partial charge in [-0.2, -0.15) is 0 Å². The Morgan fingerprint density at radius 3 is 2.65 bits per heavy atom. The molecule has 1 heterocycles. The second kappa shape index (κ2) is 6.33. The lowest BCUT2D eigenvalue weighted by Gasteiger charge is -2.12. The number of benzene rings is 1. The lowest BCUT2D eigenvalue weighted by molar-refractivity contribution is 0.407. The molecule has 0 unspecified atom stereocenters. The fourth-order valence-corrected chi connectivity index (χ4v) is 2.00. The molecule has 1 aromatic heterocycles. The van der Waals surface area contributed by atoms with Crippen LogP contribution < -0.4 is 4.74 Å². The fourth-order valence-electron chi connectivity index (χ4n) is 2.00. The van der Waals surface area contributed by atoms with Gasteiger partial charge in [-0.05, 0) is 41.3 Å². The zero-order chi connectivity index (χ0) is 14.5. The van der Waals surface area contributed by atoms with Gasteiger partial charge in [0.1, 0.15) is 11.6 Å². The Bertz CT molecular complexity index is 620. The van der Waals surface area contributed by atoms with Crippen molar-refractivity contribution in [2.45, 2.75) is 19.8 Å². The van der Waals surface area contributed by atoms with Crippen LogP contribution in [-0.2, 0) is 0 Å². The van der Waals surface area contributed by atoms with E-state index < -0.39 is 0 Å². The molecule has 2 nitrogen and oxygen atoms in total. The number of hydrogen-bond acceptors (Lipinski definition) is 2. The molecule has 2 rings (SSSR count). The van der Waals surface area contributed by atoms with E-state index >= 15 is 0 Å². The van der Waals surface area contributed by atoms with Gasteiger partial charge in [-0.1, -0.05) is 32.1 Å². The van der Waals surface area contributed by atoms with Crippen molar-refractivity contribution >= 4 is 12.2 Å². The molecule has 3 heteroatoms. The summed E-state index contributed by atoms with van der Waals surface area (Å²) in [6.07, 6.45) is 5.07. The van der Waals surface area contributed by atoms with Crippen LogP contribution in [-0.4, -0.2) is 12.1 Å². The lowest BCUT2D eigenvalue weighted by atomic mass is 10.00. The molecule has 0 aliphatic heterocycles. The summed E-state index contributed by atoms with van der Waals surface area (Å²) in [6, 6.07) is 8.96. The number of rotatable bonds is 4. The van der Waals surface area contributed by atoms with Gasteiger partial charge in [0.25, 0.3) is 0 Å². The Kier molecular flexibility index (Phi) is 4.51. The molecular weight excluding hydrogens is 253 g/mol. The number of aromatic nitrogens is 1. The highest BCUT2D eigenvalue weighted by molar-refractivity contribution is 5.69. The van der Waals surface area contributed by atoms with E-state index in [1.807, 2.05) is 24.3 Å². The molecule has 2 aromatic rings. The third-order valence-electron chi connectivity index (χ3n) is 3.10. The summed E-state index contributed by atoms with van der Waals surface area (Å²) in [4.78, 5) is 3.99. The smallest absolute Gasteiger partial charge is 0.148 e. The van der Waals surface area contributed by atoms with Crippen molar-refractivity contribution in [2.75, 3.05) is 7.11 Å². The molecule has 104 valence electrons. The van der Waals surface area contributed by atoms with Crippen molar-refractivity contribution < 1.29 is 9.13 Å². The summed E-state index contributed by atoms with van der Waals surface area (Å²) < 4.78 is 18.9. The minimum Gasteiger partial charge on any atom is -0.496 e. The number of hydrogen-bond donors (Lipinski definition) is 0. The summed E-state index contributed by atoms with van der Waals surface area (Å²) in [7, 11) is 1.66. The van der Waals surface area contributed by atoms with Gasteiger partial charge in [0.05, 0.1) is 12.8 Å². The molecule has 1 aromatic carbocycles. The van der Waals surface area contributed by atoms with Gasteiger partial charge in [0, 0.05) is 6.20 Å². The molecule has 20 heavy (non-hydrogen) atoms. The largest absolute Gasteiger partial charge is 0.496 e. The van der Waals surface area contributed by atoms with Crippen molar-refractivity contribution in [3.63, 3.8) is 0 Å². The molecule has 0 amide bonds. The second-order valence-electron chi connectivity index (χ2n) is 4.86. The SMILES string of the molecule is COc1cc(/C=C/c2ncccc2F)ccc1C(C)C. The van der Waals surface area contributed by atoms with Crippen LogP contribution in [0.2, 0.25) is 0 Å². The average molecular weight is 271 g/mol. The number of halogens is 1. The summed E-state index contributed by atoms with van der Waals surface area (Å²) in [5.74, 6) is 0.925.